The molecule has 1 saturated heterocycles. The van der Waals surface area contributed by atoms with E-state index < -0.39 is 5.97 Å². The zero-order chi connectivity index (χ0) is 21.3. The molecule has 0 bridgehead atoms. The summed E-state index contributed by atoms with van der Waals surface area (Å²) < 4.78 is 0. The molecule has 8 heteroatoms. The highest BCUT2D eigenvalue weighted by atomic mass is 35.5. The molecule has 0 saturated carbocycles. The lowest BCUT2D eigenvalue weighted by Gasteiger charge is -2.07. The lowest BCUT2D eigenvalue weighted by molar-refractivity contribution is -0.121. The average molecular weight is 455 g/mol. The van der Waals surface area contributed by atoms with E-state index in [1.807, 2.05) is 41.8 Å². The minimum absolute atomic E-state index is 0.123. The number of rotatable bonds is 4. The van der Waals surface area contributed by atoms with E-state index in [2.05, 4.69) is 4.99 Å². The number of thioether (sulfide) groups is 1. The van der Waals surface area contributed by atoms with E-state index in [0.29, 0.717) is 20.8 Å². The standard InChI is InChI=1S/C22H15ClN2O3S2/c1-25-20(26)19(30-22(25)24-17-8-4-14(5-9-17)21(27)28)11-18-10-15(12-29-18)13-2-6-16(23)7-3-13/h2-12H,1H3,(H,27,28)/b19-11-,24-22?. The maximum absolute atomic E-state index is 12.6. The fourth-order valence-corrected chi connectivity index (χ4v) is 4.82. The Kier molecular flexibility index (Phi) is 5.76. The molecule has 0 aliphatic carbocycles. The van der Waals surface area contributed by atoms with E-state index in [1.165, 1.54) is 28.8 Å². The number of likely N-dealkylation sites (N-methyl/N-ethyl adjacent to an activating group) is 1. The molecule has 2 heterocycles. The summed E-state index contributed by atoms with van der Waals surface area (Å²) in [6.07, 6.45) is 1.86. The Morgan fingerprint density at radius 2 is 1.80 bits per heavy atom. The minimum atomic E-state index is -0.990. The smallest absolute Gasteiger partial charge is 0.335 e. The van der Waals surface area contributed by atoms with Crippen molar-refractivity contribution >= 4 is 63.5 Å². The molecule has 1 aromatic heterocycles. The van der Waals surface area contributed by atoms with Crippen LogP contribution in [0.25, 0.3) is 17.2 Å². The number of halogens is 1. The molecule has 2 aromatic carbocycles. The maximum atomic E-state index is 12.6. The first kappa shape index (κ1) is 20.4. The summed E-state index contributed by atoms with van der Waals surface area (Å²) in [5.41, 5.74) is 2.91. The number of aliphatic imine (C=N–C) groups is 1. The van der Waals surface area contributed by atoms with Crippen molar-refractivity contribution in [3.05, 3.63) is 80.3 Å². The predicted octanol–water partition coefficient (Wildman–Crippen LogP) is 6.00. The van der Waals surface area contributed by atoms with Gasteiger partial charge in [0.15, 0.2) is 5.17 Å². The fraction of sp³-hybridized carbons (Fsp3) is 0.0455. The summed E-state index contributed by atoms with van der Waals surface area (Å²) in [6, 6.07) is 15.9. The van der Waals surface area contributed by atoms with Crippen molar-refractivity contribution in [3.8, 4) is 11.1 Å². The molecule has 1 aliphatic heterocycles. The number of aromatic carboxylic acids is 1. The highest BCUT2D eigenvalue weighted by Crippen LogP contribution is 2.35. The Labute approximate surface area is 186 Å². The number of benzene rings is 2. The average Bonchev–Trinajstić information content (AvgIpc) is 3.30. The molecular weight excluding hydrogens is 440 g/mol. The van der Waals surface area contributed by atoms with Crippen molar-refractivity contribution in [2.24, 2.45) is 4.99 Å². The van der Waals surface area contributed by atoms with Crippen LogP contribution >= 0.6 is 34.7 Å². The van der Waals surface area contributed by atoms with E-state index in [9.17, 15) is 9.59 Å². The summed E-state index contributed by atoms with van der Waals surface area (Å²) in [6.45, 7) is 0. The van der Waals surface area contributed by atoms with Crippen LogP contribution in [0.4, 0.5) is 5.69 Å². The largest absolute Gasteiger partial charge is 0.478 e. The number of amides is 1. The van der Waals surface area contributed by atoms with Crippen molar-refractivity contribution in [2.45, 2.75) is 0 Å². The Bertz CT molecular complexity index is 1180. The van der Waals surface area contributed by atoms with Crippen molar-refractivity contribution in [1.82, 2.24) is 4.90 Å². The number of carboxylic acid groups (broad SMARTS) is 1. The molecule has 0 atom stereocenters. The van der Waals surface area contributed by atoms with E-state index in [4.69, 9.17) is 16.7 Å². The van der Waals surface area contributed by atoms with Crippen molar-refractivity contribution < 1.29 is 14.7 Å². The molecule has 4 rings (SSSR count). The topological polar surface area (TPSA) is 70.0 Å². The fourth-order valence-electron chi connectivity index (χ4n) is 2.79. The van der Waals surface area contributed by atoms with E-state index in [1.54, 1.807) is 30.5 Å². The lowest BCUT2D eigenvalue weighted by atomic mass is 10.1. The third kappa shape index (κ3) is 4.33. The van der Waals surface area contributed by atoms with Crippen molar-refractivity contribution in [2.75, 3.05) is 7.05 Å². The summed E-state index contributed by atoms with van der Waals surface area (Å²) in [7, 11) is 1.67. The van der Waals surface area contributed by atoms with Gasteiger partial charge in [0, 0.05) is 16.9 Å². The van der Waals surface area contributed by atoms with Gasteiger partial charge in [0.25, 0.3) is 5.91 Å². The highest BCUT2D eigenvalue weighted by molar-refractivity contribution is 8.18. The summed E-state index contributed by atoms with van der Waals surface area (Å²) in [4.78, 5) is 31.1. The van der Waals surface area contributed by atoms with Crippen LogP contribution in [0.1, 0.15) is 15.2 Å². The second-order valence-corrected chi connectivity index (χ2v) is 8.85. The van der Waals surface area contributed by atoms with Crippen LogP contribution in [0.3, 0.4) is 0 Å². The minimum Gasteiger partial charge on any atom is -0.478 e. The van der Waals surface area contributed by atoms with Crippen LogP contribution in [0.2, 0.25) is 5.02 Å². The van der Waals surface area contributed by atoms with Crippen molar-refractivity contribution in [1.29, 1.82) is 0 Å². The predicted molar refractivity (Wildman–Crippen MR) is 124 cm³/mol. The first-order valence-electron chi connectivity index (χ1n) is 8.85. The maximum Gasteiger partial charge on any atom is 0.335 e. The Morgan fingerprint density at radius 3 is 2.47 bits per heavy atom. The summed E-state index contributed by atoms with van der Waals surface area (Å²) >= 11 is 8.81. The van der Waals surface area contributed by atoms with Crippen LogP contribution in [-0.2, 0) is 4.79 Å². The quantitative estimate of drug-likeness (QED) is 0.491. The van der Waals surface area contributed by atoms with Gasteiger partial charge < -0.3 is 5.11 Å². The third-order valence-electron chi connectivity index (χ3n) is 4.41. The molecule has 1 fully saturated rings. The Hall–Kier alpha value is -2.87. The van der Waals surface area contributed by atoms with Gasteiger partial charge in [-0.05, 0) is 76.8 Å². The first-order valence-corrected chi connectivity index (χ1v) is 10.9. The molecule has 30 heavy (non-hydrogen) atoms. The second-order valence-electron chi connectivity index (χ2n) is 6.47. The number of hydrogen-bond donors (Lipinski definition) is 1. The second kappa shape index (κ2) is 8.47. The molecule has 0 unspecified atom stereocenters. The Morgan fingerprint density at radius 1 is 1.10 bits per heavy atom. The van der Waals surface area contributed by atoms with Gasteiger partial charge in [-0.3, -0.25) is 9.69 Å². The molecule has 0 radical (unpaired) electrons. The summed E-state index contributed by atoms with van der Waals surface area (Å²) in [5.74, 6) is -1.11. The Balaban J connectivity index is 1.55. The number of thiophene rings is 1. The van der Waals surface area contributed by atoms with Gasteiger partial charge in [-0.1, -0.05) is 23.7 Å². The molecule has 5 nitrogen and oxygen atoms in total. The van der Waals surface area contributed by atoms with Crippen LogP contribution < -0.4 is 0 Å². The molecule has 3 aromatic rings. The number of carboxylic acids is 1. The normalized spacial score (nSPS) is 16.6. The molecule has 1 aliphatic rings. The van der Waals surface area contributed by atoms with E-state index in [0.717, 1.165) is 16.0 Å². The number of nitrogens with zero attached hydrogens (tertiary/aromatic N) is 2. The number of hydrogen-bond acceptors (Lipinski definition) is 5. The van der Waals surface area contributed by atoms with E-state index >= 15 is 0 Å². The lowest BCUT2D eigenvalue weighted by Crippen LogP contribution is -2.23. The van der Waals surface area contributed by atoms with Crippen molar-refractivity contribution in [3.63, 3.8) is 0 Å². The van der Waals surface area contributed by atoms with Gasteiger partial charge in [0.1, 0.15) is 0 Å². The SMILES string of the molecule is CN1C(=O)/C(=C/c2cc(-c3ccc(Cl)cc3)cs2)SC1=Nc1ccc(C(=O)O)cc1. The highest BCUT2D eigenvalue weighted by Gasteiger charge is 2.30. The van der Waals surface area contributed by atoms with Gasteiger partial charge in [-0.2, -0.15) is 0 Å². The first-order chi connectivity index (χ1) is 14.4. The monoisotopic (exact) mass is 454 g/mol. The van der Waals surface area contributed by atoms with Gasteiger partial charge in [0.05, 0.1) is 16.2 Å². The van der Waals surface area contributed by atoms with Gasteiger partial charge in [-0.25, -0.2) is 9.79 Å². The van der Waals surface area contributed by atoms with Crippen LogP contribution in [0.5, 0.6) is 0 Å². The van der Waals surface area contributed by atoms with Gasteiger partial charge in [0.2, 0.25) is 0 Å². The van der Waals surface area contributed by atoms with Gasteiger partial charge in [-0.15, -0.1) is 11.3 Å². The molecule has 150 valence electrons. The molecule has 0 spiro atoms. The van der Waals surface area contributed by atoms with Crippen LogP contribution in [0, 0.1) is 0 Å². The molecule has 1 N–H and O–H groups in total. The number of amidine groups is 1. The molecule has 1 amide bonds. The van der Waals surface area contributed by atoms with Gasteiger partial charge >= 0.3 is 5.97 Å². The third-order valence-corrected chi connectivity index (χ3v) is 6.60. The molecular formula is C22H15ClN2O3S2. The number of carbonyl (C=O) groups excluding carboxylic acids is 1. The zero-order valence-corrected chi connectivity index (χ0v) is 18.1. The van der Waals surface area contributed by atoms with E-state index in [-0.39, 0.29) is 11.5 Å². The zero-order valence-electron chi connectivity index (χ0n) is 15.7. The number of carbonyl (C=O) groups is 2. The summed E-state index contributed by atoms with van der Waals surface area (Å²) in [5, 5.41) is 12.3. The van der Waals surface area contributed by atoms with Crippen LogP contribution in [-0.4, -0.2) is 34.1 Å². The van der Waals surface area contributed by atoms with Crippen LogP contribution in [0.15, 0.2) is 69.9 Å².